The lowest BCUT2D eigenvalue weighted by atomic mass is 9.98. The molecule has 0 aliphatic carbocycles. The second kappa shape index (κ2) is 7.63. The molecular weight excluding hydrogens is 276 g/mol. The highest BCUT2D eigenvalue weighted by atomic mass is 16.5. The maximum absolute atomic E-state index is 12.3. The number of likely N-dealkylation sites (tertiary alicyclic amines) is 1. The van der Waals surface area contributed by atoms with Crippen LogP contribution in [0.15, 0.2) is 24.3 Å². The third-order valence-electron chi connectivity index (χ3n) is 4.32. The average molecular weight is 304 g/mol. The smallest absolute Gasteiger partial charge is 0.251 e. The highest BCUT2D eigenvalue weighted by Gasteiger charge is 2.28. The molecule has 0 radical (unpaired) electrons. The van der Waals surface area contributed by atoms with Crippen LogP contribution in [-0.4, -0.2) is 42.6 Å². The van der Waals surface area contributed by atoms with Crippen LogP contribution in [0, 0.1) is 0 Å². The number of benzene rings is 1. The summed E-state index contributed by atoms with van der Waals surface area (Å²) in [7, 11) is 0. The first-order chi connectivity index (χ1) is 10.5. The summed E-state index contributed by atoms with van der Waals surface area (Å²) in [5.41, 5.74) is 0.680. The topological polar surface area (TPSA) is 41.6 Å². The summed E-state index contributed by atoms with van der Waals surface area (Å²) in [5.74, 6) is 0.779. The molecule has 0 atom stereocenters. The van der Waals surface area contributed by atoms with Gasteiger partial charge in [0.25, 0.3) is 5.91 Å². The van der Waals surface area contributed by atoms with Crippen LogP contribution < -0.4 is 10.1 Å². The Morgan fingerprint density at radius 3 is 2.41 bits per heavy atom. The Morgan fingerprint density at radius 2 is 1.82 bits per heavy atom. The Kier molecular flexibility index (Phi) is 5.83. The largest absolute Gasteiger partial charge is 0.494 e. The van der Waals surface area contributed by atoms with E-state index in [1.165, 1.54) is 19.3 Å². The van der Waals surface area contributed by atoms with Crippen molar-refractivity contribution >= 4 is 5.91 Å². The van der Waals surface area contributed by atoms with Crippen molar-refractivity contribution in [3.8, 4) is 5.75 Å². The van der Waals surface area contributed by atoms with E-state index in [0.717, 1.165) is 18.8 Å². The van der Waals surface area contributed by atoms with E-state index >= 15 is 0 Å². The van der Waals surface area contributed by atoms with Gasteiger partial charge in [0.15, 0.2) is 0 Å². The fourth-order valence-corrected chi connectivity index (χ4v) is 2.88. The summed E-state index contributed by atoms with van der Waals surface area (Å²) in [6.07, 6.45) is 3.84. The average Bonchev–Trinajstić information content (AvgIpc) is 2.54. The minimum atomic E-state index is -0.0202. The van der Waals surface area contributed by atoms with Crippen molar-refractivity contribution < 1.29 is 9.53 Å². The highest BCUT2D eigenvalue weighted by molar-refractivity contribution is 5.94. The molecule has 0 aromatic heterocycles. The summed E-state index contributed by atoms with van der Waals surface area (Å²) in [4.78, 5) is 14.8. The van der Waals surface area contributed by atoms with E-state index in [2.05, 4.69) is 24.1 Å². The molecule has 1 aromatic rings. The molecule has 4 nitrogen and oxygen atoms in total. The van der Waals surface area contributed by atoms with Crippen molar-refractivity contribution in [2.75, 3.05) is 26.2 Å². The molecule has 0 bridgehead atoms. The predicted octanol–water partition coefficient (Wildman–Crippen LogP) is 3.08. The number of carbonyl (C=O) groups is 1. The Morgan fingerprint density at radius 1 is 1.18 bits per heavy atom. The molecule has 0 spiro atoms. The molecule has 1 aromatic carbocycles. The van der Waals surface area contributed by atoms with Crippen molar-refractivity contribution in [2.24, 2.45) is 0 Å². The van der Waals surface area contributed by atoms with Gasteiger partial charge in [-0.15, -0.1) is 0 Å². The van der Waals surface area contributed by atoms with Gasteiger partial charge in [-0.1, -0.05) is 6.42 Å². The van der Waals surface area contributed by atoms with Crippen molar-refractivity contribution in [2.45, 2.75) is 45.6 Å². The maximum atomic E-state index is 12.3. The zero-order valence-corrected chi connectivity index (χ0v) is 14.0. The summed E-state index contributed by atoms with van der Waals surface area (Å²) >= 11 is 0. The standard InChI is InChI=1S/C18H28N2O2/c1-4-22-16-10-8-15(9-11-16)17(21)19-14-18(2,3)20-12-6-5-7-13-20/h8-11H,4-7,12-14H2,1-3H3,(H,19,21). The van der Waals surface area contributed by atoms with Crippen LogP contribution in [0.3, 0.4) is 0 Å². The fraction of sp³-hybridized carbons (Fsp3) is 0.611. The molecule has 1 aliphatic rings. The number of piperidine rings is 1. The van der Waals surface area contributed by atoms with Crippen molar-refractivity contribution in [3.63, 3.8) is 0 Å². The van der Waals surface area contributed by atoms with Crippen LogP contribution >= 0.6 is 0 Å². The summed E-state index contributed by atoms with van der Waals surface area (Å²) < 4.78 is 5.40. The first kappa shape index (κ1) is 16.8. The lowest BCUT2D eigenvalue weighted by Gasteiger charge is -2.41. The molecule has 1 N–H and O–H groups in total. The third-order valence-corrected chi connectivity index (χ3v) is 4.32. The zero-order chi connectivity index (χ0) is 16.0. The Balaban J connectivity index is 1.88. The van der Waals surface area contributed by atoms with Crippen molar-refractivity contribution in [1.82, 2.24) is 10.2 Å². The van der Waals surface area contributed by atoms with Gasteiger partial charge in [0.05, 0.1) is 6.61 Å². The molecule has 0 saturated carbocycles. The highest BCUT2D eigenvalue weighted by Crippen LogP contribution is 2.20. The molecule has 22 heavy (non-hydrogen) atoms. The molecule has 1 heterocycles. The Hall–Kier alpha value is -1.55. The van der Waals surface area contributed by atoms with E-state index in [1.54, 1.807) is 0 Å². The lowest BCUT2D eigenvalue weighted by molar-refractivity contribution is 0.0797. The Bertz CT molecular complexity index is 476. The lowest BCUT2D eigenvalue weighted by Crippen LogP contribution is -2.53. The van der Waals surface area contributed by atoms with Gasteiger partial charge in [0.1, 0.15) is 5.75 Å². The van der Waals surface area contributed by atoms with E-state index in [4.69, 9.17) is 4.74 Å². The molecule has 122 valence electrons. The number of hydrogen-bond acceptors (Lipinski definition) is 3. The van der Waals surface area contributed by atoms with Crippen LogP contribution in [-0.2, 0) is 0 Å². The molecule has 1 fully saturated rings. The van der Waals surface area contributed by atoms with Gasteiger partial charge >= 0.3 is 0 Å². The van der Waals surface area contributed by atoms with Crippen LogP contribution in [0.25, 0.3) is 0 Å². The maximum Gasteiger partial charge on any atom is 0.251 e. The second-order valence-corrected chi connectivity index (χ2v) is 6.50. The minimum Gasteiger partial charge on any atom is -0.494 e. The van der Waals surface area contributed by atoms with Gasteiger partial charge < -0.3 is 10.1 Å². The van der Waals surface area contributed by atoms with E-state index < -0.39 is 0 Å². The second-order valence-electron chi connectivity index (χ2n) is 6.50. The number of ether oxygens (including phenoxy) is 1. The van der Waals surface area contributed by atoms with Crippen molar-refractivity contribution in [3.05, 3.63) is 29.8 Å². The zero-order valence-electron chi connectivity index (χ0n) is 14.0. The SMILES string of the molecule is CCOc1ccc(C(=O)NCC(C)(C)N2CCCCC2)cc1. The van der Waals surface area contributed by atoms with E-state index in [1.807, 2.05) is 31.2 Å². The van der Waals surface area contributed by atoms with Gasteiger partial charge in [-0.3, -0.25) is 9.69 Å². The van der Waals surface area contributed by atoms with Gasteiger partial charge in [-0.2, -0.15) is 0 Å². The fourth-order valence-electron chi connectivity index (χ4n) is 2.88. The Labute approximate surface area is 133 Å². The minimum absolute atomic E-state index is 0.00133. The van der Waals surface area contributed by atoms with Gasteiger partial charge in [-0.25, -0.2) is 0 Å². The van der Waals surface area contributed by atoms with E-state index in [9.17, 15) is 4.79 Å². The summed E-state index contributed by atoms with van der Waals surface area (Å²) in [5, 5.41) is 3.07. The number of hydrogen-bond donors (Lipinski definition) is 1. The van der Waals surface area contributed by atoms with E-state index in [-0.39, 0.29) is 11.4 Å². The number of rotatable bonds is 6. The normalized spacial score (nSPS) is 16.3. The molecule has 1 saturated heterocycles. The predicted molar refractivity (Wildman–Crippen MR) is 89.4 cm³/mol. The number of carbonyl (C=O) groups excluding carboxylic acids is 1. The quantitative estimate of drug-likeness (QED) is 0.878. The molecule has 0 unspecified atom stereocenters. The van der Waals surface area contributed by atoms with Crippen LogP contribution in [0.2, 0.25) is 0 Å². The molecule has 1 aliphatic heterocycles. The molecule has 4 heteroatoms. The first-order valence-corrected chi connectivity index (χ1v) is 8.29. The summed E-state index contributed by atoms with van der Waals surface area (Å²) in [6.45, 7) is 9.92. The number of nitrogens with one attached hydrogen (secondary N) is 1. The summed E-state index contributed by atoms with van der Waals surface area (Å²) in [6, 6.07) is 7.31. The van der Waals surface area contributed by atoms with Crippen LogP contribution in [0.5, 0.6) is 5.75 Å². The van der Waals surface area contributed by atoms with Gasteiger partial charge in [0.2, 0.25) is 0 Å². The monoisotopic (exact) mass is 304 g/mol. The third kappa shape index (κ3) is 4.47. The number of amides is 1. The van der Waals surface area contributed by atoms with Gasteiger partial charge in [0, 0.05) is 17.6 Å². The number of nitrogens with zero attached hydrogens (tertiary/aromatic N) is 1. The molecule has 1 amide bonds. The van der Waals surface area contributed by atoms with Crippen molar-refractivity contribution in [1.29, 1.82) is 0 Å². The van der Waals surface area contributed by atoms with Gasteiger partial charge in [-0.05, 0) is 71.0 Å². The molecule has 2 rings (SSSR count). The molecular formula is C18H28N2O2. The first-order valence-electron chi connectivity index (χ1n) is 8.29. The van der Waals surface area contributed by atoms with E-state index in [0.29, 0.717) is 18.7 Å². The van der Waals surface area contributed by atoms with Crippen LogP contribution in [0.4, 0.5) is 0 Å². The van der Waals surface area contributed by atoms with Crippen LogP contribution in [0.1, 0.15) is 50.4 Å².